The number of hydrogen-bond acceptors (Lipinski definition) is 3. The van der Waals surface area contributed by atoms with E-state index in [9.17, 15) is 15.0 Å². The molecule has 48 heavy (non-hydrogen) atoms. The van der Waals surface area contributed by atoms with Crippen LogP contribution in [0.15, 0.2) is 109 Å². The summed E-state index contributed by atoms with van der Waals surface area (Å²) in [5.41, 5.74) is 0. The minimum atomic E-state index is -0.907. The fraction of sp³-hybridized carbons (Fsp3) is 0.568. The topological polar surface area (TPSA) is 69.6 Å². The van der Waals surface area contributed by atoms with Gasteiger partial charge in [-0.05, 0) is 83.5 Å². The maximum atomic E-state index is 12.3. The molecule has 0 saturated heterocycles. The molecular weight excluding hydrogens is 590 g/mol. The van der Waals surface area contributed by atoms with Crippen LogP contribution < -0.4 is 5.32 Å². The second-order valence-electron chi connectivity index (χ2n) is 12.2. The number of unbranched alkanes of at least 4 members (excludes halogenated alkanes) is 9. The maximum absolute atomic E-state index is 12.3. The summed E-state index contributed by atoms with van der Waals surface area (Å²) >= 11 is 0. The minimum Gasteiger partial charge on any atom is -0.394 e. The van der Waals surface area contributed by atoms with E-state index in [-0.39, 0.29) is 12.5 Å². The number of nitrogens with one attached hydrogen (secondary N) is 1. The number of allylic oxidation sites excluding steroid dienone is 17. The lowest BCUT2D eigenvalue weighted by Gasteiger charge is -2.19. The van der Waals surface area contributed by atoms with Gasteiger partial charge in [-0.25, -0.2) is 0 Å². The van der Waals surface area contributed by atoms with Crippen LogP contribution in [0.1, 0.15) is 142 Å². The van der Waals surface area contributed by atoms with E-state index in [0.29, 0.717) is 12.8 Å². The fourth-order valence-corrected chi connectivity index (χ4v) is 4.82. The molecule has 4 nitrogen and oxygen atoms in total. The molecule has 0 aromatic rings. The molecule has 0 saturated carbocycles. The van der Waals surface area contributed by atoms with Crippen LogP contribution in [0, 0.1) is 0 Å². The summed E-state index contributed by atoms with van der Waals surface area (Å²) in [4.78, 5) is 12.3. The zero-order valence-corrected chi connectivity index (χ0v) is 30.7. The van der Waals surface area contributed by atoms with Crippen molar-refractivity contribution in [2.45, 2.75) is 154 Å². The number of amides is 1. The first-order valence-electron chi connectivity index (χ1n) is 19.1. The molecule has 3 N–H and O–H groups in total. The molecule has 0 bridgehead atoms. The predicted octanol–water partition coefficient (Wildman–Crippen LogP) is 11.7. The fourth-order valence-electron chi connectivity index (χ4n) is 4.82. The molecule has 0 aliphatic rings. The van der Waals surface area contributed by atoms with Crippen molar-refractivity contribution in [3.05, 3.63) is 109 Å². The third kappa shape index (κ3) is 34.4. The van der Waals surface area contributed by atoms with Gasteiger partial charge >= 0.3 is 0 Å². The monoisotopic (exact) mass is 662 g/mol. The van der Waals surface area contributed by atoms with Crippen LogP contribution in [0.4, 0.5) is 0 Å². The standard InChI is InChI=1S/C44H71NO3/c1-3-5-7-9-11-13-15-17-19-21-22-24-26-28-30-32-34-36-38-40-44(48)45-42(41-46)43(47)39-37-35-33-31-29-27-25-23-20-18-16-14-12-10-8-6-4-2/h5,7,11,13,17,19-20,22-24,28-31,34,36-37,39,42-43,46-47H,3-4,6,8-10,12,14-16,18,21,25-27,32-33,35,38,40-41H2,1-2H3,(H,45,48)/b7-5-,13-11-,19-17-,23-20+,24-22-,30-28-,31-29+,36-34-,39-37+. The van der Waals surface area contributed by atoms with E-state index in [1.54, 1.807) is 6.08 Å². The number of carbonyl (C=O) groups excluding carboxylic acids is 1. The summed E-state index contributed by atoms with van der Waals surface area (Å²) in [7, 11) is 0. The smallest absolute Gasteiger partial charge is 0.220 e. The first-order valence-corrected chi connectivity index (χ1v) is 19.1. The van der Waals surface area contributed by atoms with Crippen molar-refractivity contribution in [3.8, 4) is 0 Å². The quantitative estimate of drug-likeness (QED) is 0.0496. The summed E-state index contributed by atoms with van der Waals surface area (Å²) in [5.74, 6) is -0.166. The Morgan fingerprint density at radius 2 is 0.938 bits per heavy atom. The molecule has 1 amide bonds. The molecule has 0 aromatic carbocycles. The van der Waals surface area contributed by atoms with E-state index in [4.69, 9.17) is 0 Å². The van der Waals surface area contributed by atoms with Crippen molar-refractivity contribution in [1.29, 1.82) is 0 Å². The van der Waals surface area contributed by atoms with Crippen molar-refractivity contribution >= 4 is 5.91 Å². The Balaban J connectivity index is 3.89. The first kappa shape index (κ1) is 45.1. The summed E-state index contributed by atoms with van der Waals surface area (Å²) in [6.07, 6.45) is 59.0. The van der Waals surface area contributed by atoms with E-state index in [1.807, 2.05) is 12.2 Å². The molecule has 0 aliphatic carbocycles. The van der Waals surface area contributed by atoms with Crippen molar-refractivity contribution in [1.82, 2.24) is 5.32 Å². The highest BCUT2D eigenvalue weighted by atomic mass is 16.3. The Morgan fingerprint density at radius 1 is 0.521 bits per heavy atom. The number of aliphatic hydroxyl groups is 2. The number of rotatable bonds is 32. The molecule has 0 heterocycles. The van der Waals surface area contributed by atoms with Crippen LogP contribution in [0.3, 0.4) is 0 Å². The molecule has 0 aromatic heterocycles. The van der Waals surface area contributed by atoms with Gasteiger partial charge in [-0.1, -0.05) is 162 Å². The van der Waals surface area contributed by atoms with Crippen LogP contribution in [-0.4, -0.2) is 34.9 Å². The van der Waals surface area contributed by atoms with E-state index in [0.717, 1.165) is 64.2 Å². The van der Waals surface area contributed by atoms with E-state index in [2.05, 4.69) is 110 Å². The van der Waals surface area contributed by atoms with Gasteiger partial charge in [0, 0.05) is 6.42 Å². The van der Waals surface area contributed by atoms with Crippen molar-refractivity contribution in [2.24, 2.45) is 0 Å². The van der Waals surface area contributed by atoms with Gasteiger partial charge in [0.2, 0.25) is 5.91 Å². The Hall–Kier alpha value is -2.95. The van der Waals surface area contributed by atoms with Crippen molar-refractivity contribution in [3.63, 3.8) is 0 Å². The number of carbonyl (C=O) groups is 1. The van der Waals surface area contributed by atoms with E-state index in [1.165, 1.54) is 51.4 Å². The van der Waals surface area contributed by atoms with Gasteiger partial charge in [0.15, 0.2) is 0 Å². The van der Waals surface area contributed by atoms with E-state index < -0.39 is 12.1 Å². The number of hydrogen-bond donors (Lipinski definition) is 3. The van der Waals surface area contributed by atoms with Gasteiger partial charge in [0.1, 0.15) is 0 Å². The highest BCUT2D eigenvalue weighted by molar-refractivity contribution is 5.76. The number of aliphatic hydroxyl groups excluding tert-OH is 2. The first-order chi connectivity index (χ1) is 23.7. The molecule has 2 atom stereocenters. The Bertz CT molecular complexity index is 979. The van der Waals surface area contributed by atoms with Crippen LogP contribution in [0.25, 0.3) is 0 Å². The van der Waals surface area contributed by atoms with Crippen LogP contribution >= 0.6 is 0 Å². The van der Waals surface area contributed by atoms with Crippen LogP contribution in [0.2, 0.25) is 0 Å². The van der Waals surface area contributed by atoms with Gasteiger partial charge in [-0.2, -0.15) is 0 Å². The average Bonchev–Trinajstić information content (AvgIpc) is 3.09. The molecule has 0 aliphatic heterocycles. The molecule has 0 fully saturated rings. The van der Waals surface area contributed by atoms with Gasteiger partial charge in [0.25, 0.3) is 0 Å². The third-order valence-corrected chi connectivity index (χ3v) is 7.73. The molecule has 270 valence electrons. The molecule has 0 rings (SSSR count). The molecule has 4 heteroatoms. The molecular formula is C44H71NO3. The SMILES string of the molecule is CC/C=C\C/C=C\C/C=C\C/C=C\C/C=C\C/C=C\CCC(=O)NC(CO)C(O)/C=C/CC/C=C/CC/C=C/CCCCCCCCC. The minimum absolute atomic E-state index is 0.166. The normalized spacial score (nSPS) is 14.3. The maximum Gasteiger partial charge on any atom is 0.220 e. The summed E-state index contributed by atoms with van der Waals surface area (Å²) in [6.45, 7) is 4.11. The zero-order valence-electron chi connectivity index (χ0n) is 30.7. The Morgan fingerprint density at radius 3 is 1.44 bits per heavy atom. The summed E-state index contributed by atoms with van der Waals surface area (Å²) in [5, 5.41) is 22.8. The molecule has 2 unspecified atom stereocenters. The average molecular weight is 662 g/mol. The highest BCUT2D eigenvalue weighted by Crippen LogP contribution is 2.09. The lowest BCUT2D eigenvalue weighted by atomic mass is 10.1. The van der Waals surface area contributed by atoms with Gasteiger partial charge in [0.05, 0.1) is 18.8 Å². The van der Waals surface area contributed by atoms with Gasteiger partial charge in [-0.3, -0.25) is 4.79 Å². The second-order valence-corrected chi connectivity index (χ2v) is 12.2. The molecule has 0 spiro atoms. The summed E-state index contributed by atoms with van der Waals surface area (Å²) < 4.78 is 0. The van der Waals surface area contributed by atoms with Crippen LogP contribution in [0.5, 0.6) is 0 Å². The second kappa shape index (κ2) is 38.5. The molecule has 0 radical (unpaired) electrons. The van der Waals surface area contributed by atoms with E-state index >= 15 is 0 Å². The van der Waals surface area contributed by atoms with Crippen molar-refractivity contribution in [2.75, 3.05) is 6.61 Å². The lowest BCUT2D eigenvalue weighted by Crippen LogP contribution is -2.45. The third-order valence-electron chi connectivity index (χ3n) is 7.73. The van der Waals surface area contributed by atoms with Crippen LogP contribution in [-0.2, 0) is 4.79 Å². The Kier molecular flexibility index (Phi) is 36.1. The zero-order chi connectivity index (χ0) is 35.0. The predicted molar refractivity (Wildman–Crippen MR) is 211 cm³/mol. The summed E-state index contributed by atoms with van der Waals surface area (Å²) in [6, 6.07) is -0.692. The van der Waals surface area contributed by atoms with Gasteiger partial charge < -0.3 is 15.5 Å². The highest BCUT2D eigenvalue weighted by Gasteiger charge is 2.17. The largest absolute Gasteiger partial charge is 0.394 e. The Labute approximate surface area is 296 Å². The van der Waals surface area contributed by atoms with Gasteiger partial charge in [-0.15, -0.1) is 0 Å². The lowest BCUT2D eigenvalue weighted by molar-refractivity contribution is -0.122. The van der Waals surface area contributed by atoms with Crippen molar-refractivity contribution < 1.29 is 15.0 Å².